The molecule has 1 aromatic rings. The summed E-state index contributed by atoms with van der Waals surface area (Å²) in [5.41, 5.74) is -5.23. The van der Waals surface area contributed by atoms with Crippen molar-refractivity contribution >= 4 is 38.7 Å². The summed E-state index contributed by atoms with van der Waals surface area (Å²) >= 11 is 1.93. The van der Waals surface area contributed by atoms with Crippen LogP contribution in [0.5, 0.6) is 5.75 Å². The quantitative estimate of drug-likeness (QED) is 0.287. The van der Waals surface area contributed by atoms with Crippen molar-refractivity contribution in [2.45, 2.75) is 24.8 Å². The van der Waals surface area contributed by atoms with Crippen LogP contribution in [0, 0.1) is 3.57 Å². The summed E-state index contributed by atoms with van der Waals surface area (Å²) in [6.45, 7) is 0. The lowest BCUT2D eigenvalue weighted by Gasteiger charge is -2.13. The number of alkyl halides is 3. The van der Waals surface area contributed by atoms with Crippen LogP contribution in [0.4, 0.5) is 13.2 Å². The van der Waals surface area contributed by atoms with Crippen molar-refractivity contribution in [2.75, 3.05) is 7.11 Å². The van der Waals surface area contributed by atoms with Crippen LogP contribution >= 0.6 is 22.6 Å². The van der Waals surface area contributed by atoms with Gasteiger partial charge in [-0.1, -0.05) is 0 Å². The van der Waals surface area contributed by atoms with Crippen LogP contribution in [0.25, 0.3) is 0 Å². The van der Waals surface area contributed by atoms with Gasteiger partial charge in [-0.3, -0.25) is 4.79 Å². The highest BCUT2D eigenvalue weighted by Gasteiger charge is 2.48. The highest BCUT2D eigenvalue weighted by molar-refractivity contribution is 14.1. The van der Waals surface area contributed by atoms with Crippen molar-refractivity contribution in [3.8, 4) is 5.75 Å². The number of ether oxygens (including phenoxy) is 1. The molecule has 0 saturated carbocycles. The molecule has 10 heteroatoms. The van der Waals surface area contributed by atoms with Gasteiger partial charge in [0.25, 0.3) is 0 Å². The van der Waals surface area contributed by atoms with E-state index in [9.17, 15) is 26.4 Å². The molecule has 1 aromatic carbocycles. The Balaban J connectivity index is 2.94. The number of carbonyl (C=O) groups excluding carboxylic acids is 1. The summed E-state index contributed by atoms with van der Waals surface area (Å²) in [6.07, 6.45) is 0.525. The molecule has 0 heterocycles. The summed E-state index contributed by atoms with van der Waals surface area (Å²) in [4.78, 5) is 11.0. The van der Waals surface area contributed by atoms with Crippen LogP contribution < -0.4 is 4.18 Å². The predicted octanol–water partition coefficient (Wildman–Crippen LogP) is 3.02. The van der Waals surface area contributed by atoms with Gasteiger partial charge >= 0.3 is 21.6 Å². The van der Waals surface area contributed by atoms with E-state index in [2.05, 4.69) is 8.92 Å². The number of hydrogen-bond donors (Lipinski definition) is 0. The Hall–Kier alpha value is -1.04. The standard InChI is InChI=1S/C12H12F3IO5S/c1-20-11(17)4-2-3-8-7-9(16)5-6-10(8)21-22(18,19)12(13,14)15/h5-7H,2-4H2,1H3. The van der Waals surface area contributed by atoms with Crippen LogP contribution in [0.2, 0.25) is 0 Å². The minimum Gasteiger partial charge on any atom is -0.469 e. The Morgan fingerprint density at radius 2 is 1.95 bits per heavy atom. The van der Waals surface area contributed by atoms with Crippen LogP contribution in [0.3, 0.4) is 0 Å². The number of benzene rings is 1. The molecule has 5 nitrogen and oxygen atoms in total. The molecule has 0 fully saturated rings. The van der Waals surface area contributed by atoms with E-state index in [0.29, 0.717) is 3.57 Å². The maximum Gasteiger partial charge on any atom is 0.534 e. The number of hydrogen-bond acceptors (Lipinski definition) is 5. The molecule has 0 N–H and O–H groups in total. The Morgan fingerprint density at radius 3 is 2.50 bits per heavy atom. The van der Waals surface area contributed by atoms with Gasteiger partial charge in [-0.25, -0.2) is 0 Å². The molecular weight excluding hydrogens is 440 g/mol. The van der Waals surface area contributed by atoms with Crippen LogP contribution in [-0.4, -0.2) is 27.0 Å². The van der Waals surface area contributed by atoms with Gasteiger partial charge in [0.2, 0.25) is 0 Å². The zero-order valence-electron chi connectivity index (χ0n) is 11.3. The van der Waals surface area contributed by atoms with Crippen molar-refractivity contribution in [1.82, 2.24) is 0 Å². The topological polar surface area (TPSA) is 69.7 Å². The van der Waals surface area contributed by atoms with Crippen molar-refractivity contribution in [3.63, 3.8) is 0 Å². The molecule has 0 saturated heterocycles. The summed E-state index contributed by atoms with van der Waals surface area (Å²) < 4.78 is 68.5. The lowest BCUT2D eigenvalue weighted by molar-refractivity contribution is -0.140. The van der Waals surface area contributed by atoms with Crippen molar-refractivity contribution < 1.29 is 35.3 Å². The third kappa shape index (κ3) is 5.30. The van der Waals surface area contributed by atoms with Crippen molar-refractivity contribution in [2.24, 2.45) is 0 Å². The van der Waals surface area contributed by atoms with Gasteiger partial charge in [0, 0.05) is 9.99 Å². The highest BCUT2D eigenvalue weighted by atomic mass is 127. The molecule has 0 amide bonds. The molecule has 0 aliphatic rings. The zero-order valence-corrected chi connectivity index (χ0v) is 14.3. The molecule has 1 rings (SSSR count). The molecule has 124 valence electrons. The van der Waals surface area contributed by atoms with Gasteiger partial charge in [-0.05, 0) is 59.2 Å². The Bertz CT molecular complexity index is 643. The number of carbonyl (C=O) groups is 1. The largest absolute Gasteiger partial charge is 0.534 e. The minimum atomic E-state index is -5.73. The van der Waals surface area contributed by atoms with E-state index in [0.717, 1.165) is 6.07 Å². The fourth-order valence-electron chi connectivity index (χ4n) is 1.52. The van der Waals surface area contributed by atoms with E-state index in [4.69, 9.17) is 0 Å². The Morgan fingerprint density at radius 1 is 1.32 bits per heavy atom. The summed E-state index contributed by atoms with van der Waals surface area (Å²) in [7, 11) is -4.51. The second-order valence-electron chi connectivity index (χ2n) is 4.16. The molecule has 0 aliphatic heterocycles. The van der Waals surface area contributed by atoms with E-state index in [-0.39, 0.29) is 24.8 Å². The summed E-state index contributed by atoms with van der Waals surface area (Å²) in [5, 5.41) is 0. The molecule has 0 spiro atoms. The van der Waals surface area contributed by atoms with E-state index in [1.807, 2.05) is 22.6 Å². The minimum absolute atomic E-state index is 0.0629. The number of rotatable bonds is 6. The first-order chi connectivity index (χ1) is 10.1. The molecule has 0 aliphatic carbocycles. The van der Waals surface area contributed by atoms with Gasteiger partial charge in [-0.2, -0.15) is 21.6 Å². The third-order valence-electron chi connectivity index (χ3n) is 2.56. The van der Waals surface area contributed by atoms with Crippen LogP contribution in [0.15, 0.2) is 18.2 Å². The second-order valence-corrected chi connectivity index (χ2v) is 6.95. The summed E-state index contributed by atoms with van der Waals surface area (Å²) in [5.74, 6) is -0.862. The van der Waals surface area contributed by atoms with E-state index < -0.39 is 27.3 Å². The average Bonchev–Trinajstić information content (AvgIpc) is 2.40. The Labute approximate surface area is 139 Å². The number of methoxy groups -OCH3 is 1. The van der Waals surface area contributed by atoms with Crippen molar-refractivity contribution in [3.05, 3.63) is 27.3 Å². The molecule has 0 radical (unpaired) electrons. The van der Waals surface area contributed by atoms with Crippen molar-refractivity contribution in [1.29, 1.82) is 0 Å². The molecule has 0 bridgehead atoms. The number of halogens is 4. The maximum atomic E-state index is 12.4. The van der Waals surface area contributed by atoms with Gasteiger partial charge in [0.05, 0.1) is 7.11 Å². The van der Waals surface area contributed by atoms with Gasteiger partial charge < -0.3 is 8.92 Å². The number of aryl methyl sites for hydroxylation is 1. The maximum absolute atomic E-state index is 12.4. The normalized spacial score (nSPS) is 12.0. The lowest BCUT2D eigenvalue weighted by atomic mass is 10.1. The third-order valence-corrected chi connectivity index (χ3v) is 4.20. The first kappa shape index (κ1) is 19.0. The Kier molecular flexibility index (Phi) is 6.47. The van der Waals surface area contributed by atoms with Gasteiger partial charge in [0.15, 0.2) is 0 Å². The summed E-state index contributed by atoms with van der Waals surface area (Å²) in [6, 6.07) is 4.07. The van der Waals surface area contributed by atoms with Crippen LogP contribution in [0.1, 0.15) is 18.4 Å². The molecule has 0 aromatic heterocycles. The molecule has 22 heavy (non-hydrogen) atoms. The first-order valence-electron chi connectivity index (χ1n) is 5.93. The number of esters is 1. The van der Waals surface area contributed by atoms with Gasteiger partial charge in [-0.15, -0.1) is 0 Å². The van der Waals surface area contributed by atoms with E-state index in [1.165, 1.54) is 19.2 Å². The van der Waals surface area contributed by atoms with Crippen LogP contribution in [-0.2, 0) is 26.1 Å². The van der Waals surface area contributed by atoms with Gasteiger partial charge in [0.1, 0.15) is 5.75 Å². The first-order valence-corrected chi connectivity index (χ1v) is 8.41. The molecular formula is C12H12F3IO5S. The lowest BCUT2D eigenvalue weighted by Crippen LogP contribution is -2.28. The molecule has 0 atom stereocenters. The fraction of sp³-hybridized carbons (Fsp3) is 0.417. The monoisotopic (exact) mass is 452 g/mol. The predicted molar refractivity (Wildman–Crippen MR) is 79.7 cm³/mol. The zero-order chi connectivity index (χ0) is 17.0. The molecule has 0 unspecified atom stereocenters. The van der Waals surface area contributed by atoms with E-state index in [1.54, 1.807) is 0 Å². The van der Waals surface area contributed by atoms with E-state index >= 15 is 0 Å². The highest BCUT2D eigenvalue weighted by Crippen LogP contribution is 2.30. The average molecular weight is 452 g/mol. The smallest absolute Gasteiger partial charge is 0.469 e. The fourth-order valence-corrected chi connectivity index (χ4v) is 2.56. The second kappa shape index (κ2) is 7.49. The SMILES string of the molecule is COC(=O)CCCc1cc(I)ccc1OS(=O)(=O)C(F)(F)F.